The molecule has 150 valence electrons. The van der Waals surface area contributed by atoms with Crippen LogP contribution in [0.25, 0.3) is 6.08 Å². The first-order valence-electron chi connectivity index (χ1n) is 9.65. The summed E-state index contributed by atoms with van der Waals surface area (Å²) < 4.78 is 2.15. The van der Waals surface area contributed by atoms with Crippen molar-refractivity contribution in [1.82, 2.24) is 5.32 Å². The monoisotopic (exact) mass is 554 g/mol. The van der Waals surface area contributed by atoms with Crippen LogP contribution >= 0.6 is 15.9 Å². The molecule has 0 bridgehead atoms. The zero-order valence-corrected chi connectivity index (χ0v) is 20.1. The van der Waals surface area contributed by atoms with E-state index < -0.39 is 0 Å². The minimum atomic E-state index is -0.0783. The third-order valence-electron chi connectivity index (χ3n) is 5.23. The van der Waals surface area contributed by atoms with E-state index >= 15 is 0 Å². The van der Waals surface area contributed by atoms with Crippen molar-refractivity contribution in [2.45, 2.75) is 32.4 Å². The molecule has 1 saturated heterocycles. The van der Waals surface area contributed by atoms with Crippen LogP contribution in [0.3, 0.4) is 0 Å². The Morgan fingerprint density at radius 2 is 1.75 bits per heavy atom. The Morgan fingerprint density at radius 1 is 1.07 bits per heavy atom. The Hall–Kier alpha value is -1.18. The van der Waals surface area contributed by atoms with E-state index in [4.69, 9.17) is 0 Å². The molecule has 2 aromatic carbocycles. The van der Waals surface area contributed by atoms with Crippen molar-refractivity contribution >= 4 is 27.9 Å². The van der Waals surface area contributed by atoms with Crippen LogP contribution in [0, 0.1) is 0 Å². The van der Waals surface area contributed by atoms with E-state index in [1.54, 1.807) is 6.08 Å². The third kappa shape index (κ3) is 7.33. The highest BCUT2D eigenvalue weighted by molar-refractivity contribution is 9.10. The van der Waals surface area contributed by atoms with Crippen molar-refractivity contribution in [2.24, 2.45) is 0 Å². The first kappa shape index (κ1) is 23.1. The number of carbonyl (C=O) groups excluding carboxylic acids is 1. The molecule has 0 atom stereocenters. The molecule has 28 heavy (non-hydrogen) atoms. The summed E-state index contributed by atoms with van der Waals surface area (Å²) in [7, 11) is 2.37. The van der Waals surface area contributed by atoms with Gasteiger partial charge >= 0.3 is 0 Å². The summed E-state index contributed by atoms with van der Waals surface area (Å²) in [5, 5.41) is 2.95. The lowest BCUT2D eigenvalue weighted by molar-refractivity contribution is -0.926. The molecule has 2 aromatic rings. The van der Waals surface area contributed by atoms with Gasteiger partial charge in [0.25, 0.3) is 0 Å². The third-order valence-corrected chi connectivity index (χ3v) is 5.72. The van der Waals surface area contributed by atoms with E-state index in [9.17, 15) is 4.79 Å². The molecule has 1 heterocycles. The molecular weight excluding hydrogens is 527 g/mol. The SMILES string of the molecule is C[N+]1(Cc2ccc(CNC(=O)/C=C/c3cccc(Br)c3)cc2)CCCCC1.[I-]. The first-order chi connectivity index (χ1) is 13.0. The van der Waals surface area contributed by atoms with Gasteiger partial charge in [0.1, 0.15) is 6.54 Å². The zero-order valence-electron chi connectivity index (χ0n) is 16.3. The van der Waals surface area contributed by atoms with Crippen molar-refractivity contribution < 1.29 is 33.3 Å². The Labute approximate surface area is 193 Å². The van der Waals surface area contributed by atoms with Gasteiger partial charge in [-0.25, -0.2) is 0 Å². The largest absolute Gasteiger partial charge is 1.00 e. The average Bonchev–Trinajstić information content (AvgIpc) is 2.66. The van der Waals surface area contributed by atoms with Crippen molar-refractivity contribution in [2.75, 3.05) is 20.1 Å². The predicted molar refractivity (Wildman–Crippen MR) is 115 cm³/mol. The van der Waals surface area contributed by atoms with Crippen LogP contribution in [0.15, 0.2) is 59.1 Å². The fraction of sp³-hybridized carbons (Fsp3) is 0.348. The van der Waals surface area contributed by atoms with Gasteiger partial charge in [0.2, 0.25) is 5.91 Å². The summed E-state index contributed by atoms with van der Waals surface area (Å²) in [5.41, 5.74) is 3.51. The van der Waals surface area contributed by atoms with E-state index in [0.29, 0.717) is 6.54 Å². The number of likely N-dealkylation sites (tertiary alicyclic amines) is 1. The smallest absolute Gasteiger partial charge is 0.244 e. The molecule has 1 fully saturated rings. The quantitative estimate of drug-likeness (QED) is 0.330. The highest BCUT2D eigenvalue weighted by atomic mass is 127. The second-order valence-electron chi connectivity index (χ2n) is 7.71. The van der Waals surface area contributed by atoms with Gasteiger partial charge in [0.15, 0.2) is 0 Å². The van der Waals surface area contributed by atoms with E-state index in [2.05, 4.69) is 52.6 Å². The molecule has 5 heteroatoms. The van der Waals surface area contributed by atoms with Gasteiger partial charge in [0.05, 0.1) is 20.1 Å². The number of nitrogens with one attached hydrogen (secondary N) is 1. The number of benzene rings is 2. The number of halogens is 2. The van der Waals surface area contributed by atoms with Gasteiger partial charge in [-0.1, -0.05) is 52.3 Å². The Morgan fingerprint density at radius 3 is 2.43 bits per heavy atom. The fourth-order valence-corrected chi connectivity index (χ4v) is 4.08. The maximum atomic E-state index is 12.0. The zero-order chi connectivity index (χ0) is 19.1. The maximum Gasteiger partial charge on any atom is 0.244 e. The number of carbonyl (C=O) groups is 1. The van der Waals surface area contributed by atoms with Crippen LogP contribution in [0.2, 0.25) is 0 Å². The van der Waals surface area contributed by atoms with Crippen molar-refractivity contribution in [3.63, 3.8) is 0 Å². The molecular formula is C23H28BrIN2O. The van der Waals surface area contributed by atoms with Crippen LogP contribution in [0.1, 0.15) is 36.0 Å². The summed E-state index contributed by atoms with van der Waals surface area (Å²) >= 11 is 3.44. The second-order valence-corrected chi connectivity index (χ2v) is 8.62. The molecule has 0 aliphatic carbocycles. The topological polar surface area (TPSA) is 29.1 Å². The molecule has 0 spiro atoms. The normalized spacial score (nSPS) is 15.8. The predicted octanol–water partition coefficient (Wildman–Crippen LogP) is 1.91. The van der Waals surface area contributed by atoms with E-state index in [-0.39, 0.29) is 29.9 Å². The number of amides is 1. The Balaban J connectivity index is 0.00000280. The average molecular weight is 555 g/mol. The highest BCUT2D eigenvalue weighted by Crippen LogP contribution is 2.20. The van der Waals surface area contributed by atoms with Crippen molar-refractivity contribution in [3.8, 4) is 0 Å². The van der Waals surface area contributed by atoms with Gasteiger partial charge in [-0.15, -0.1) is 0 Å². The van der Waals surface area contributed by atoms with E-state index in [1.807, 2.05) is 30.3 Å². The van der Waals surface area contributed by atoms with Gasteiger partial charge in [0, 0.05) is 22.7 Å². The number of rotatable bonds is 6. The minimum Gasteiger partial charge on any atom is -1.00 e. The lowest BCUT2D eigenvalue weighted by Gasteiger charge is -2.37. The molecule has 3 rings (SSSR count). The summed E-state index contributed by atoms with van der Waals surface area (Å²) in [4.78, 5) is 12.0. The number of nitrogens with zero attached hydrogens (tertiary/aromatic N) is 1. The minimum absolute atomic E-state index is 0. The van der Waals surface area contributed by atoms with Gasteiger partial charge < -0.3 is 33.8 Å². The first-order valence-corrected chi connectivity index (χ1v) is 10.4. The summed E-state index contributed by atoms with van der Waals surface area (Å²) in [6.07, 6.45) is 7.47. The van der Waals surface area contributed by atoms with Crippen LogP contribution in [0.5, 0.6) is 0 Å². The number of quaternary nitrogens is 1. The maximum absolute atomic E-state index is 12.0. The molecule has 0 aromatic heterocycles. The Kier molecular flexibility index (Phi) is 9.18. The molecule has 1 aliphatic rings. The summed E-state index contributed by atoms with van der Waals surface area (Å²) in [5.74, 6) is -0.0783. The highest BCUT2D eigenvalue weighted by Gasteiger charge is 2.24. The lowest BCUT2D eigenvalue weighted by atomic mass is 10.1. The summed E-state index contributed by atoms with van der Waals surface area (Å²) in [6.45, 7) is 4.21. The Bertz CT molecular complexity index is 799. The molecule has 1 amide bonds. The fourth-order valence-electron chi connectivity index (χ4n) is 3.67. The van der Waals surface area contributed by atoms with Crippen LogP contribution in [0.4, 0.5) is 0 Å². The van der Waals surface area contributed by atoms with Crippen molar-refractivity contribution in [1.29, 1.82) is 0 Å². The number of hydrogen-bond donors (Lipinski definition) is 1. The van der Waals surface area contributed by atoms with Gasteiger partial charge in [-0.3, -0.25) is 4.79 Å². The van der Waals surface area contributed by atoms with Crippen LogP contribution < -0.4 is 29.3 Å². The van der Waals surface area contributed by atoms with Crippen LogP contribution in [-0.4, -0.2) is 30.5 Å². The van der Waals surface area contributed by atoms with Gasteiger partial charge in [-0.05, 0) is 48.6 Å². The molecule has 0 saturated carbocycles. The number of hydrogen-bond acceptors (Lipinski definition) is 1. The van der Waals surface area contributed by atoms with Gasteiger partial charge in [-0.2, -0.15) is 0 Å². The number of piperidine rings is 1. The molecule has 3 nitrogen and oxygen atoms in total. The van der Waals surface area contributed by atoms with Crippen LogP contribution in [-0.2, 0) is 17.9 Å². The van der Waals surface area contributed by atoms with Crippen molar-refractivity contribution in [3.05, 3.63) is 75.8 Å². The van der Waals surface area contributed by atoms with E-state index in [0.717, 1.165) is 26.6 Å². The molecule has 0 radical (unpaired) electrons. The molecule has 1 aliphatic heterocycles. The standard InChI is InChI=1S/C23H27BrN2O.HI/c1-26(14-3-2-4-15-26)18-21-10-8-20(9-11-21)17-25-23(27)13-12-19-6-5-7-22(24)16-19;/h5-13,16H,2-4,14-15,17-18H2,1H3;1H/b13-12+;. The lowest BCUT2D eigenvalue weighted by Crippen LogP contribution is -3.00. The molecule has 1 N–H and O–H groups in total. The molecule has 0 unspecified atom stereocenters. The van der Waals surface area contributed by atoms with E-state index in [1.165, 1.54) is 37.9 Å². The second kappa shape index (κ2) is 11.1. The summed E-state index contributed by atoms with van der Waals surface area (Å²) in [6, 6.07) is 16.5.